The lowest BCUT2D eigenvalue weighted by atomic mass is 10.2. The normalized spacial score (nSPS) is 14.0. The Balaban J connectivity index is 1.39. The number of nitrogens with one attached hydrogen (secondary N) is 2. The Morgan fingerprint density at radius 1 is 0.966 bits per heavy atom. The Morgan fingerprint density at radius 2 is 1.66 bits per heavy atom. The third-order valence-electron chi connectivity index (χ3n) is 4.71. The highest BCUT2D eigenvalue weighted by atomic mass is 19.3. The molecule has 1 aliphatic carbocycles. The molecule has 7 heteroatoms. The second-order valence-electron chi connectivity index (χ2n) is 7.05. The molecule has 0 atom stereocenters. The molecular weight excluding hydrogens is 378 g/mol. The first-order valence-corrected chi connectivity index (χ1v) is 9.85. The van der Waals surface area contributed by atoms with E-state index < -0.39 is 13.0 Å². The Bertz CT molecular complexity index is 778. The van der Waals surface area contributed by atoms with Crippen molar-refractivity contribution in [2.45, 2.75) is 51.3 Å². The number of amides is 2. The number of carbonyl (C=O) groups is 1. The van der Waals surface area contributed by atoms with Crippen LogP contribution in [0.4, 0.5) is 13.6 Å². The topological polar surface area (TPSA) is 59.6 Å². The molecule has 29 heavy (non-hydrogen) atoms. The summed E-state index contributed by atoms with van der Waals surface area (Å²) in [4.78, 5) is 12.0. The van der Waals surface area contributed by atoms with Gasteiger partial charge in [-0.15, -0.1) is 0 Å². The Morgan fingerprint density at radius 3 is 2.34 bits per heavy atom. The van der Waals surface area contributed by atoms with Crippen LogP contribution in [0.25, 0.3) is 0 Å². The number of rotatable bonds is 9. The van der Waals surface area contributed by atoms with Crippen LogP contribution in [0.15, 0.2) is 48.5 Å². The number of hydrogen-bond donors (Lipinski definition) is 2. The predicted octanol–water partition coefficient (Wildman–Crippen LogP) is 4.65. The molecule has 3 rings (SSSR count). The van der Waals surface area contributed by atoms with Crippen molar-refractivity contribution < 1.29 is 23.0 Å². The van der Waals surface area contributed by atoms with Gasteiger partial charge >= 0.3 is 6.03 Å². The molecule has 0 saturated heterocycles. The zero-order valence-corrected chi connectivity index (χ0v) is 16.2. The standard InChI is InChI=1S/C22H26F2N2O3/c23-21(24)15-28-20-7-3-4-17(12-20)14-26-22(27)25-13-16-8-10-19(11-9-16)29-18-5-1-2-6-18/h3-4,7-12,18,21H,1-2,5-6,13-15H2,(H2,25,26,27). The molecular formula is C22H26F2N2O3. The largest absolute Gasteiger partial charge is 0.490 e. The summed E-state index contributed by atoms with van der Waals surface area (Å²) in [5.74, 6) is 1.21. The molecule has 0 radical (unpaired) electrons. The first-order valence-electron chi connectivity index (χ1n) is 9.85. The molecule has 1 saturated carbocycles. The molecule has 0 heterocycles. The number of urea groups is 1. The van der Waals surface area contributed by atoms with Gasteiger partial charge in [-0.25, -0.2) is 13.6 Å². The lowest BCUT2D eigenvalue weighted by molar-refractivity contribution is 0.0818. The lowest BCUT2D eigenvalue weighted by Crippen LogP contribution is -2.34. The van der Waals surface area contributed by atoms with Crippen LogP contribution in [0.1, 0.15) is 36.8 Å². The fraction of sp³-hybridized carbons (Fsp3) is 0.409. The van der Waals surface area contributed by atoms with E-state index in [1.54, 1.807) is 24.3 Å². The minimum absolute atomic E-state index is 0.270. The van der Waals surface area contributed by atoms with Crippen molar-refractivity contribution >= 4 is 6.03 Å². The summed E-state index contributed by atoms with van der Waals surface area (Å²) >= 11 is 0. The van der Waals surface area contributed by atoms with Gasteiger partial charge in [0.25, 0.3) is 6.43 Å². The number of alkyl halides is 2. The third-order valence-corrected chi connectivity index (χ3v) is 4.71. The molecule has 156 valence electrons. The molecule has 2 aromatic rings. The molecule has 0 aromatic heterocycles. The molecule has 0 unspecified atom stereocenters. The summed E-state index contributed by atoms with van der Waals surface area (Å²) in [5, 5.41) is 5.54. The first-order chi connectivity index (χ1) is 14.1. The zero-order chi connectivity index (χ0) is 20.5. The van der Waals surface area contributed by atoms with Gasteiger partial charge in [-0.05, 0) is 61.1 Å². The van der Waals surface area contributed by atoms with Crippen molar-refractivity contribution in [3.8, 4) is 11.5 Å². The summed E-state index contributed by atoms with van der Waals surface area (Å²) in [5.41, 5.74) is 1.74. The smallest absolute Gasteiger partial charge is 0.315 e. The van der Waals surface area contributed by atoms with E-state index in [1.807, 2.05) is 24.3 Å². The Kier molecular flexibility index (Phi) is 7.67. The Hall–Kier alpha value is -2.83. The van der Waals surface area contributed by atoms with Crippen LogP contribution in [-0.2, 0) is 13.1 Å². The third kappa shape index (κ3) is 7.25. The lowest BCUT2D eigenvalue weighted by Gasteiger charge is -2.13. The molecule has 2 amide bonds. The molecule has 2 N–H and O–H groups in total. The van der Waals surface area contributed by atoms with Crippen molar-refractivity contribution in [1.29, 1.82) is 0 Å². The van der Waals surface area contributed by atoms with E-state index in [2.05, 4.69) is 10.6 Å². The molecule has 0 spiro atoms. The van der Waals surface area contributed by atoms with Gasteiger partial charge in [0.2, 0.25) is 0 Å². The summed E-state index contributed by atoms with van der Waals surface area (Å²) in [6, 6.07) is 14.1. The van der Waals surface area contributed by atoms with Crippen LogP contribution < -0.4 is 20.1 Å². The van der Waals surface area contributed by atoms with Crippen LogP contribution in [0.5, 0.6) is 11.5 Å². The van der Waals surface area contributed by atoms with E-state index in [-0.39, 0.29) is 12.6 Å². The van der Waals surface area contributed by atoms with Crippen LogP contribution in [-0.4, -0.2) is 25.2 Å². The van der Waals surface area contributed by atoms with Crippen LogP contribution in [0.3, 0.4) is 0 Å². The summed E-state index contributed by atoms with van der Waals surface area (Å²) in [7, 11) is 0. The zero-order valence-electron chi connectivity index (χ0n) is 16.2. The molecule has 0 aliphatic heterocycles. The summed E-state index contributed by atoms with van der Waals surface area (Å²) in [6.45, 7) is 0.0147. The SMILES string of the molecule is O=C(NCc1ccc(OC2CCCC2)cc1)NCc1cccc(OCC(F)F)c1. The van der Waals surface area contributed by atoms with Crippen LogP contribution in [0.2, 0.25) is 0 Å². The van der Waals surface area contributed by atoms with Crippen LogP contribution >= 0.6 is 0 Å². The first kappa shape index (κ1) is 20.9. The average molecular weight is 404 g/mol. The number of ether oxygens (including phenoxy) is 2. The average Bonchev–Trinajstić information content (AvgIpc) is 3.23. The van der Waals surface area contributed by atoms with Gasteiger partial charge in [-0.2, -0.15) is 0 Å². The van der Waals surface area contributed by atoms with E-state index >= 15 is 0 Å². The fourth-order valence-corrected chi connectivity index (χ4v) is 3.22. The minimum Gasteiger partial charge on any atom is -0.490 e. The highest BCUT2D eigenvalue weighted by Crippen LogP contribution is 2.24. The van der Waals surface area contributed by atoms with Crippen molar-refractivity contribution in [3.05, 3.63) is 59.7 Å². The highest BCUT2D eigenvalue weighted by molar-refractivity contribution is 5.73. The maximum atomic E-state index is 12.2. The minimum atomic E-state index is -2.52. The maximum Gasteiger partial charge on any atom is 0.315 e. The van der Waals surface area contributed by atoms with Crippen molar-refractivity contribution in [2.24, 2.45) is 0 Å². The maximum absolute atomic E-state index is 12.2. The number of hydrogen-bond acceptors (Lipinski definition) is 3. The molecule has 5 nitrogen and oxygen atoms in total. The summed E-state index contributed by atoms with van der Waals surface area (Å²) < 4.78 is 35.3. The Labute approximate surface area is 169 Å². The van der Waals surface area contributed by atoms with Crippen molar-refractivity contribution in [2.75, 3.05) is 6.61 Å². The fourth-order valence-electron chi connectivity index (χ4n) is 3.22. The molecule has 2 aromatic carbocycles. The number of carbonyl (C=O) groups excluding carboxylic acids is 1. The van der Waals surface area contributed by atoms with Crippen molar-refractivity contribution in [3.63, 3.8) is 0 Å². The van der Waals surface area contributed by atoms with E-state index in [4.69, 9.17) is 9.47 Å². The van der Waals surface area contributed by atoms with Gasteiger partial charge in [0.15, 0.2) is 0 Å². The van der Waals surface area contributed by atoms with Crippen LogP contribution in [0, 0.1) is 0 Å². The second kappa shape index (κ2) is 10.6. The predicted molar refractivity (Wildman–Crippen MR) is 106 cm³/mol. The van der Waals surface area contributed by atoms with Gasteiger partial charge in [-0.3, -0.25) is 0 Å². The second-order valence-corrected chi connectivity index (χ2v) is 7.05. The molecule has 1 aliphatic rings. The highest BCUT2D eigenvalue weighted by Gasteiger charge is 2.16. The van der Waals surface area contributed by atoms with Gasteiger partial charge in [0.1, 0.15) is 18.1 Å². The van der Waals surface area contributed by atoms with Gasteiger partial charge in [-0.1, -0.05) is 24.3 Å². The number of benzene rings is 2. The van der Waals surface area contributed by atoms with Gasteiger partial charge < -0.3 is 20.1 Å². The van der Waals surface area contributed by atoms with E-state index in [0.717, 1.165) is 29.7 Å². The van der Waals surface area contributed by atoms with E-state index in [9.17, 15) is 13.6 Å². The van der Waals surface area contributed by atoms with Crippen molar-refractivity contribution in [1.82, 2.24) is 10.6 Å². The summed E-state index contributed by atoms with van der Waals surface area (Å²) in [6.07, 6.45) is 2.49. The number of halogens is 2. The monoisotopic (exact) mass is 404 g/mol. The molecule has 1 fully saturated rings. The quantitative estimate of drug-likeness (QED) is 0.640. The van der Waals surface area contributed by atoms with Gasteiger partial charge in [0, 0.05) is 13.1 Å². The van der Waals surface area contributed by atoms with E-state index in [1.165, 1.54) is 12.8 Å². The van der Waals surface area contributed by atoms with Gasteiger partial charge in [0.05, 0.1) is 6.10 Å². The van der Waals surface area contributed by atoms with E-state index in [0.29, 0.717) is 18.4 Å². The molecule has 0 bridgehead atoms.